The number of piperidine rings is 1. The van der Waals surface area contributed by atoms with Crippen LogP contribution >= 0.6 is 11.6 Å². The summed E-state index contributed by atoms with van der Waals surface area (Å²) in [7, 11) is -4.07. The van der Waals surface area contributed by atoms with Gasteiger partial charge in [0, 0.05) is 17.6 Å². The van der Waals surface area contributed by atoms with Crippen LogP contribution in [0.15, 0.2) is 17.0 Å². The molecule has 2 bridgehead atoms. The topological polar surface area (TPSA) is 74.7 Å². The van der Waals surface area contributed by atoms with Crippen molar-refractivity contribution in [1.29, 1.82) is 0 Å². The molecule has 8 heteroatoms. The molecule has 1 aliphatic carbocycles. The van der Waals surface area contributed by atoms with Crippen LogP contribution in [0, 0.1) is 11.7 Å². The van der Waals surface area contributed by atoms with E-state index in [0.29, 0.717) is 12.5 Å². The van der Waals surface area contributed by atoms with Crippen LogP contribution in [0.4, 0.5) is 4.39 Å². The van der Waals surface area contributed by atoms with Gasteiger partial charge in [-0.15, -0.1) is 0 Å². The van der Waals surface area contributed by atoms with Crippen molar-refractivity contribution in [2.24, 2.45) is 5.92 Å². The summed E-state index contributed by atoms with van der Waals surface area (Å²) in [6.07, 6.45) is 2.53. The van der Waals surface area contributed by atoms with E-state index >= 15 is 0 Å². The number of fused-ring (bicyclic) bond motifs is 2. The summed E-state index contributed by atoms with van der Waals surface area (Å²) < 4.78 is 40.7. The van der Waals surface area contributed by atoms with Gasteiger partial charge < -0.3 is 5.11 Å². The van der Waals surface area contributed by atoms with E-state index in [1.54, 1.807) is 0 Å². The van der Waals surface area contributed by atoms with Gasteiger partial charge >= 0.3 is 5.97 Å². The van der Waals surface area contributed by atoms with Gasteiger partial charge in [-0.05, 0) is 37.3 Å². The monoisotopic (exact) mass is 333 g/mol. The fraction of sp³-hybridized carbons (Fsp3) is 0.462. The number of carbonyl (C=O) groups is 1. The minimum absolute atomic E-state index is 0.114. The first-order chi connectivity index (χ1) is 9.80. The lowest BCUT2D eigenvalue weighted by Crippen LogP contribution is -2.38. The van der Waals surface area contributed by atoms with Crippen molar-refractivity contribution < 1.29 is 22.7 Å². The molecule has 2 atom stereocenters. The molecule has 1 aliphatic heterocycles. The van der Waals surface area contributed by atoms with E-state index < -0.39 is 32.3 Å². The molecule has 1 saturated carbocycles. The molecule has 1 aromatic carbocycles. The number of sulfonamides is 1. The minimum atomic E-state index is -4.07. The molecule has 2 aliphatic rings. The van der Waals surface area contributed by atoms with Gasteiger partial charge in [0.2, 0.25) is 10.0 Å². The molecule has 0 radical (unpaired) electrons. The van der Waals surface area contributed by atoms with Crippen molar-refractivity contribution in [3.63, 3.8) is 0 Å². The zero-order valence-corrected chi connectivity index (χ0v) is 12.5. The van der Waals surface area contributed by atoms with Crippen LogP contribution in [0.5, 0.6) is 0 Å². The molecule has 2 unspecified atom stereocenters. The van der Waals surface area contributed by atoms with Crippen molar-refractivity contribution >= 4 is 27.6 Å². The van der Waals surface area contributed by atoms with Gasteiger partial charge in [-0.3, -0.25) is 0 Å². The van der Waals surface area contributed by atoms with Crippen LogP contribution in [0.25, 0.3) is 0 Å². The van der Waals surface area contributed by atoms with Crippen LogP contribution in [-0.4, -0.2) is 36.4 Å². The van der Waals surface area contributed by atoms with Gasteiger partial charge in [-0.25, -0.2) is 17.6 Å². The third-order valence-corrected chi connectivity index (χ3v) is 6.32. The third-order valence-electron chi connectivity index (χ3n) is 4.18. The predicted octanol–water partition coefficient (Wildman–Crippen LogP) is 2.35. The molecule has 1 N–H and O–H groups in total. The molecular formula is C13H13ClFNO4S. The summed E-state index contributed by atoms with van der Waals surface area (Å²) in [4.78, 5) is 10.3. The van der Waals surface area contributed by atoms with Crippen molar-refractivity contribution in [3.05, 3.63) is 28.5 Å². The average molecular weight is 334 g/mol. The van der Waals surface area contributed by atoms with Crippen molar-refractivity contribution in [3.8, 4) is 0 Å². The summed E-state index contributed by atoms with van der Waals surface area (Å²) in [6.45, 7) is 0.362. The first-order valence-corrected chi connectivity index (χ1v) is 8.36. The highest BCUT2D eigenvalue weighted by Crippen LogP contribution is 2.41. The van der Waals surface area contributed by atoms with E-state index in [0.717, 1.165) is 31.4 Å². The minimum Gasteiger partial charge on any atom is -0.478 e. The molecule has 114 valence electrons. The van der Waals surface area contributed by atoms with Crippen LogP contribution in [0.3, 0.4) is 0 Å². The fourth-order valence-corrected chi connectivity index (χ4v) is 5.35. The number of benzene rings is 1. The predicted molar refractivity (Wildman–Crippen MR) is 73.4 cm³/mol. The number of halogens is 2. The van der Waals surface area contributed by atoms with Crippen molar-refractivity contribution in [2.45, 2.75) is 30.2 Å². The lowest BCUT2D eigenvalue weighted by molar-refractivity contribution is 0.0691. The number of aromatic carboxylic acids is 1. The number of nitrogens with zero attached hydrogens (tertiary/aromatic N) is 1. The Kier molecular flexibility index (Phi) is 3.46. The van der Waals surface area contributed by atoms with Gasteiger partial charge in [-0.1, -0.05) is 11.6 Å². The summed E-state index contributed by atoms with van der Waals surface area (Å²) in [6, 6.07) is 1.77. The molecular weight excluding hydrogens is 321 g/mol. The van der Waals surface area contributed by atoms with Crippen LogP contribution in [0.1, 0.15) is 29.6 Å². The molecule has 21 heavy (non-hydrogen) atoms. The molecule has 1 saturated heterocycles. The average Bonchev–Trinajstić information content (AvgIpc) is 3.03. The second-order valence-corrected chi connectivity index (χ2v) is 7.77. The Morgan fingerprint density at radius 2 is 2.10 bits per heavy atom. The quantitative estimate of drug-likeness (QED) is 0.921. The molecule has 0 spiro atoms. The Morgan fingerprint density at radius 1 is 1.38 bits per heavy atom. The lowest BCUT2D eigenvalue weighted by atomic mass is 10.1. The maximum absolute atomic E-state index is 14.2. The molecule has 1 heterocycles. The third kappa shape index (κ3) is 2.33. The fourth-order valence-electron chi connectivity index (χ4n) is 3.21. The highest BCUT2D eigenvalue weighted by atomic mass is 35.5. The summed E-state index contributed by atoms with van der Waals surface area (Å²) in [5, 5.41) is 8.83. The smallest absolute Gasteiger partial charge is 0.338 e. The van der Waals surface area contributed by atoms with Crippen LogP contribution in [0.2, 0.25) is 5.02 Å². The Hall–Kier alpha value is -1.18. The number of carboxylic acids is 1. The highest BCUT2D eigenvalue weighted by molar-refractivity contribution is 7.89. The van der Waals surface area contributed by atoms with E-state index in [9.17, 15) is 17.6 Å². The molecule has 1 aromatic rings. The maximum atomic E-state index is 14.2. The molecule has 0 amide bonds. The molecule has 5 nitrogen and oxygen atoms in total. The van der Waals surface area contributed by atoms with Crippen molar-refractivity contribution in [2.75, 3.05) is 6.54 Å². The summed E-state index contributed by atoms with van der Waals surface area (Å²) in [5.74, 6) is -2.49. The van der Waals surface area contributed by atoms with Gasteiger partial charge in [0.1, 0.15) is 4.90 Å². The van der Waals surface area contributed by atoms with Crippen LogP contribution < -0.4 is 0 Å². The van der Waals surface area contributed by atoms with Crippen LogP contribution in [-0.2, 0) is 10.0 Å². The Morgan fingerprint density at radius 3 is 2.62 bits per heavy atom. The second kappa shape index (κ2) is 4.93. The largest absolute Gasteiger partial charge is 0.478 e. The van der Waals surface area contributed by atoms with Crippen molar-refractivity contribution in [1.82, 2.24) is 4.31 Å². The van der Waals surface area contributed by atoms with E-state index in [1.165, 1.54) is 4.31 Å². The van der Waals surface area contributed by atoms with E-state index in [1.807, 2.05) is 0 Å². The Bertz CT molecular complexity index is 721. The SMILES string of the molecule is O=C(O)c1cc(Cl)cc(S(=O)(=O)N2CC3CCC2C3)c1F. The standard InChI is InChI=1S/C13H13ClFNO4S/c14-8-4-10(13(17)18)12(15)11(5-8)21(19,20)16-6-7-1-2-9(16)3-7/h4-5,7,9H,1-3,6H2,(H,17,18). The van der Waals surface area contributed by atoms with Gasteiger partial charge in [0.25, 0.3) is 0 Å². The molecule has 0 aromatic heterocycles. The van der Waals surface area contributed by atoms with Gasteiger partial charge in [0.15, 0.2) is 5.82 Å². The second-order valence-electron chi connectivity index (χ2n) is 5.48. The maximum Gasteiger partial charge on any atom is 0.338 e. The molecule has 2 fully saturated rings. The van der Waals surface area contributed by atoms with E-state index in [-0.39, 0.29) is 11.1 Å². The zero-order valence-electron chi connectivity index (χ0n) is 10.9. The van der Waals surface area contributed by atoms with E-state index in [2.05, 4.69) is 0 Å². The Labute approximate surface area is 126 Å². The van der Waals surface area contributed by atoms with Gasteiger partial charge in [0.05, 0.1) is 5.56 Å². The number of hydrogen-bond donors (Lipinski definition) is 1. The zero-order chi connectivity index (χ0) is 15.4. The van der Waals surface area contributed by atoms with Gasteiger partial charge in [-0.2, -0.15) is 4.31 Å². The number of hydrogen-bond acceptors (Lipinski definition) is 3. The lowest BCUT2D eigenvalue weighted by Gasteiger charge is -2.26. The number of carboxylic acid groups (broad SMARTS) is 1. The summed E-state index contributed by atoms with van der Waals surface area (Å²) >= 11 is 5.74. The first kappa shape index (κ1) is 14.7. The molecule has 3 rings (SSSR count). The summed E-state index contributed by atoms with van der Waals surface area (Å²) in [5.41, 5.74) is -0.731. The number of rotatable bonds is 3. The normalized spacial score (nSPS) is 25.4. The van der Waals surface area contributed by atoms with E-state index in [4.69, 9.17) is 16.7 Å². The highest BCUT2D eigenvalue weighted by Gasteiger charge is 2.45. The Balaban J connectivity index is 2.09. The first-order valence-electron chi connectivity index (χ1n) is 6.55.